The first-order chi connectivity index (χ1) is 15.4. The average molecular weight is 442 g/mol. The third kappa shape index (κ3) is 3.47. The molecule has 1 amide bonds. The summed E-state index contributed by atoms with van der Waals surface area (Å²) in [5.74, 6) is -0.157. The molecular weight excluding hydrogens is 418 g/mol. The van der Waals surface area contributed by atoms with Crippen molar-refractivity contribution in [3.63, 3.8) is 0 Å². The number of piperidine rings is 1. The molecule has 2 aliphatic rings. The van der Waals surface area contributed by atoms with E-state index >= 15 is 0 Å². The molecule has 1 saturated heterocycles. The second-order valence-electron chi connectivity index (χ2n) is 8.89. The largest absolute Gasteiger partial charge is 0.300 e. The number of carbonyl (C=O) groups is 2. The fraction of sp³-hybridized carbons (Fsp3) is 0.214. The molecular formula is C28H24ClNO2. The predicted molar refractivity (Wildman–Crippen MR) is 129 cm³/mol. The highest BCUT2D eigenvalue weighted by molar-refractivity contribution is 6.30. The Hall–Kier alpha value is -3.17. The van der Waals surface area contributed by atoms with Crippen LogP contribution in [0.2, 0.25) is 5.02 Å². The van der Waals surface area contributed by atoms with Crippen molar-refractivity contribution < 1.29 is 9.59 Å². The molecule has 32 heavy (non-hydrogen) atoms. The molecule has 3 nitrogen and oxygen atoms in total. The van der Waals surface area contributed by atoms with E-state index in [0.717, 1.165) is 27.9 Å². The van der Waals surface area contributed by atoms with Crippen LogP contribution in [0, 0.1) is 19.3 Å². The van der Waals surface area contributed by atoms with E-state index in [4.69, 9.17) is 11.6 Å². The Kier molecular flexibility index (Phi) is 5.02. The van der Waals surface area contributed by atoms with Crippen molar-refractivity contribution in [2.75, 3.05) is 4.90 Å². The Bertz CT molecular complexity index is 1220. The number of hydrogen-bond acceptors (Lipinski definition) is 2. The molecule has 4 heteroatoms. The Labute approximate surface area is 193 Å². The summed E-state index contributed by atoms with van der Waals surface area (Å²) < 4.78 is 0. The Morgan fingerprint density at radius 1 is 0.844 bits per heavy atom. The highest BCUT2D eigenvalue weighted by atomic mass is 35.5. The van der Waals surface area contributed by atoms with Gasteiger partial charge in [0.25, 0.3) is 0 Å². The van der Waals surface area contributed by atoms with Gasteiger partial charge in [-0.2, -0.15) is 0 Å². The van der Waals surface area contributed by atoms with Crippen LogP contribution < -0.4 is 4.90 Å². The quantitative estimate of drug-likeness (QED) is 0.344. The molecule has 1 atom stereocenters. The molecule has 0 radical (unpaired) electrons. The number of anilines is 1. The van der Waals surface area contributed by atoms with Crippen LogP contribution in [0.4, 0.5) is 5.69 Å². The van der Waals surface area contributed by atoms with Gasteiger partial charge in [-0.25, -0.2) is 0 Å². The third-order valence-electron chi connectivity index (χ3n) is 6.53. The molecule has 0 aromatic heterocycles. The van der Waals surface area contributed by atoms with Crippen molar-refractivity contribution in [2.24, 2.45) is 5.41 Å². The molecule has 0 bridgehead atoms. The summed E-state index contributed by atoms with van der Waals surface area (Å²) in [4.78, 5) is 29.3. The van der Waals surface area contributed by atoms with E-state index in [1.807, 2.05) is 80.6 Å². The van der Waals surface area contributed by atoms with Gasteiger partial charge in [0, 0.05) is 16.3 Å². The number of Topliss-reactive ketones (excluding diaryl/α,β-unsaturated/α-hetero) is 1. The van der Waals surface area contributed by atoms with E-state index in [1.54, 1.807) is 17.0 Å². The van der Waals surface area contributed by atoms with Crippen LogP contribution in [-0.4, -0.2) is 11.7 Å². The SMILES string of the molecule is Cc1ccc(/C=C2\C(=O)C3(CC3)C(=O)N(c3ccc(Cl)cc3)C2c2ccc(C)cc2)cc1. The maximum Gasteiger partial charge on any atom is 0.241 e. The molecule has 160 valence electrons. The topological polar surface area (TPSA) is 37.4 Å². The summed E-state index contributed by atoms with van der Waals surface area (Å²) >= 11 is 6.13. The van der Waals surface area contributed by atoms with Crippen molar-refractivity contribution in [3.05, 3.63) is 106 Å². The number of aryl methyl sites for hydroxylation is 2. The lowest BCUT2D eigenvalue weighted by molar-refractivity contribution is -0.134. The standard InChI is InChI=1S/C28H24ClNO2/c1-18-3-7-20(8-4-18)17-24-25(21-9-5-19(2)6-10-21)30(23-13-11-22(29)12-14-23)27(32)28(15-16-28)26(24)31/h3-14,17,25H,15-16H2,1-2H3/b24-17-. The van der Waals surface area contributed by atoms with E-state index in [0.29, 0.717) is 23.4 Å². The van der Waals surface area contributed by atoms with Crippen LogP contribution in [0.25, 0.3) is 6.08 Å². The van der Waals surface area contributed by atoms with Crippen LogP contribution in [0.1, 0.15) is 41.1 Å². The molecule has 0 N–H and O–H groups in total. The molecule has 1 unspecified atom stereocenters. The van der Waals surface area contributed by atoms with Crippen molar-refractivity contribution in [3.8, 4) is 0 Å². The molecule has 3 aromatic carbocycles. The fourth-order valence-corrected chi connectivity index (χ4v) is 4.61. The zero-order valence-electron chi connectivity index (χ0n) is 18.1. The highest BCUT2D eigenvalue weighted by Gasteiger charge is 2.63. The summed E-state index contributed by atoms with van der Waals surface area (Å²) in [5.41, 5.74) is 4.63. The van der Waals surface area contributed by atoms with Crippen molar-refractivity contribution in [1.82, 2.24) is 0 Å². The van der Waals surface area contributed by atoms with Gasteiger partial charge in [-0.3, -0.25) is 14.5 Å². The molecule has 1 aliphatic carbocycles. The van der Waals surface area contributed by atoms with Crippen LogP contribution in [0.5, 0.6) is 0 Å². The summed E-state index contributed by atoms with van der Waals surface area (Å²) in [6.45, 7) is 4.07. The second-order valence-corrected chi connectivity index (χ2v) is 9.32. The van der Waals surface area contributed by atoms with E-state index in [-0.39, 0.29) is 11.7 Å². The molecule has 1 aliphatic heterocycles. The number of halogens is 1. The molecule has 1 saturated carbocycles. The van der Waals surface area contributed by atoms with Crippen molar-refractivity contribution in [1.29, 1.82) is 0 Å². The smallest absolute Gasteiger partial charge is 0.241 e. The lowest BCUT2D eigenvalue weighted by Crippen LogP contribution is -2.50. The third-order valence-corrected chi connectivity index (χ3v) is 6.78. The molecule has 1 spiro atoms. The van der Waals surface area contributed by atoms with E-state index in [2.05, 4.69) is 0 Å². The lowest BCUT2D eigenvalue weighted by Gasteiger charge is -2.41. The number of rotatable bonds is 3. The first-order valence-electron chi connectivity index (χ1n) is 10.9. The average Bonchev–Trinajstić information content (AvgIpc) is 3.59. The normalized spacial score (nSPS) is 20.8. The summed E-state index contributed by atoms with van der Waals surface area (Å²) in [7, 11) is 0. The highest BCUT2D eigenvalue weighted by Crippen LogP contribution is 2.57. The first-order valence-corrected chi connectivity index (χ1v) is 11.3. The molecule has 2 fully saturated rings. The van der Waals surface area contributed by atoms with Crippen LogP contribution in [0.15, 0.2) is 78.4 Å². The number of benzene rings is 3. The maximum atomic E-state index is 13.7. The minimum absolute atomic E-state index is 0.0427. The maximum absolute atomic E-state index is 13.7. The number of hydrogen-bond donors (Lipinski definition) is 0. The van der Waals surface area contributed by atoms with Crippen molar-refractivity contribution >= 4 is 35.1 Å². The predicted octanol–water partition coefficient (Wildman–Crippen LogP) is 6.48. The van der Waals surface area contributed by atoms with Crippen molar-refractivity contribution in [2.45, 2.75) is 32.7 Å². The van der Waals surface area contributed by atoms with Crippen LogP contribution >= 0.6 is 11.6 Å². The minimum Gasteiger partial charge on any atom is -0.300 e. The minimum atomic E-state index is -0.933. The number of nitrogens with zero attached hydrogens (tertiary/aromatic N) is 1. The Morgan fingerprint density at radius 3 is 1.97 bits per heavy atom. The van der Waals surface area contributed by atoms with Crippen LogP contribution in [-0.2, 0) is 9.59 Å². The van der Waals surface area contributed by atoms with E-state index < -0.39 is 11.5 Å². The van der Waals surface area contributed by atoms with E-state index in [9.17, 15) is 9.59 Å². The molecule has 3 aromatic rings. The molecule has 1 heterocycles. The van der Waals surface area contributed by atoms with Gasteiger partial charge in [0.2, 0.25) is 5.91 Å². The number of ketones is 1. The van der Waals surface area contributed by atoms with Gasteiger partial charge in [-0.15, -0.1) is 0 Å². The lowest BCUT2D eigenvalue weighted by atomic mass is 9.79. The van der Waals surface area contributed by atoms with Gasteiger partial charge in [0.05, 0.1) is 6.04 Å². The number of carbonyl (C=O) groups excluding carboxylic acids is 2. The summed E-state index contributed by atoms with van der Waals surface area (Å²) in [6, 6.07) is 23.0. The number of amides is 1. The molecule has 5 rings (SSSR count). The Morgan fingerprint density at radius 2 is 1.41 bits per heavy atom. The summed E-state index contributed by atoms with van der Waals surface area (Å²) in [5, 5.41) is 0.609. The fourth-order valence-electron chi connectivity index (χ4n) is 4.48. The van der Waals surface area contributed by atoms with Gasteiger partial charge < -0.3 is 0 Å². The zero-order chi connectivity index (χ0) is 22.5. The van der Waals surface area contributed by atoms with Crippen LogP contribution in [0.3, 0.4) is 0 Å². The second kappa shape index (κ2) is 7.75. The monoisotopic (exact) mass is 441 g/mol. The van der Waals surface area contributed by atoms with Gasteiger partial charge >= 0.3 is 0 Å². The van der Waals surface area contributed by atoms with Gasteiger partial charge in [0.1, 0.15) is 5.41 Å². The van der Waals surface area contributed by atoms with E-state index in [1.165, 1.54) is 0 Å². The zero-order valence-corrected chi connectivity index (χ0v) is 18.9. The van der Waals surface area contributed by atoms with Gasteiger partial charge in [0.15, 0.2) is 5.78 Å². The Balaban J connectivity index is 1.72. The summed E-state index contributed by atoms with van der Waals surface area (Å²) in [6.07, 6.45) is 3.16. The van der Waals surface area contributed by atoms with Gasteiger partial charge in [-0.05, 0) is 68.2 Å². The van der Waals surface area contributed by atoms with Gasteiger partial charge in [-0.1, -0.05) is 71.3 Å². The first kappa shape index (κ1) is 20.7.